The molecule has 2 aromatic rings. The molecule has 0 fully saturated rings. The number of hydrogen-bond donors (Lipinski definition) is 5. The van der Waals surface area contributed by atoms with Gasteiger partial charge in [0.1, 0.15) is 12.4 Å². The third-order valence-electron chi connectivity index (χ3n) is 6.95. The van der Waals surface area contributed by atoms with Crippen molar-refractivity contribution in [1.29, 1.82) is 0 Å². The minimum atomic E-state index is -0.539. The molecule has 0 aromatic heterocycles. The molecule has 0 radical (unpaired) electrons. The summed E-state index contributed by atoms with van der Waals surface area (Å²) in [4.78, 5) is 38.8. The van der Waals surface area contributed by atoms with Crippen LogP contribution in [0.5, 0.6) is 0 Å². The molecule has 1 unspecified atom stereocenters. The van der Waals surface area contributed by atoms with Crippen molar-refractivity contribution < 1.29 is 19.1 Å². The van der Waals surface area contributed by atoms with Crippen LogP contribution in [0.4, 0.5) is 10.5 Å². The Bertz CT molecular complexity index is 1250. The SMILES string of the molecule is CNNC(CCCCNC(=O)OCCN(N)/C1=C(\N)c2ccccc2N(C(=O)C(C)C)Cc2ccccc21)C(C)=O. The second-order valence-electron chi connectivity index (χ2n) is 10.3. The second kappa shape index (κ2) is 15.2. The zero-order valence-corrected chi connectivity index (χ0v) is 24.4. The molecule has 0 bridgehead atoms. The van der Waals surface area contributed by atoms with Gasteiger partial charge in [-0.2, -0.15) is 0 Å². The maximum Gasteiger partial charge on any atom is 0.407 e. The molecule has 2 amide bonds. The molecular weight excluding hydrogens is 522 g/mol. The number of nitrogens with one attached hydrogen (secondary N) is 3. The first kappa shape index (κ1) is 31.6. The number of amides is 2. The van der Waals surface area contributed by atoms with E-state index in [1.54, 1.807) is 18.9 Å². The Kier molecular flexibility index (Phi) is 11.7. The molecule has 11 nitrogen and oxygen atoms in total. The van der Waals surface area contributed by atoms with Crippen LogP contribution in [-0.4, -0.2) is 55.6 Å². The molecule has 1 atom stereocenters. The molecule has 222 valence electrons. The van der Waals surface area contributed by atoms with Gasteiger partial charge in [-0.25, -0.2) is 16.1 Å². The van der Waals surface area contributed by atoms with Crippen molar-refractivity contribution in [2.24, 2.45) is 17.5 Å². The van der Waals surface area contributed by atoms with Gasteiger partial charge in [0.25, 0.3) is 0 Å². The molecule has 1 heterocycles. The number of fused-ring (bicyclic) bond motifs is 2. The third kappa shape index (κ3) is 8.29. The van der Waals surface area contributed by atoms with Crippen LogP contribution in [0.25, 0.3) is 11.4 Å². The fourth-order valence-electron chi connectivity index (χ4n) is 4.79. The van der Waals surface area contributed by atoms with Gasteiger partial charge >= 0.3 is 6.09 Å². The maximum absolute atomic E-state index is 13.2. The zero-order chi connectivity index (χ0) is 29.9. The Morgan fingerprint density at radius 1 is 1.05 bits per heavy atom. The fraction of sp³-hybridized carbons (Fsp3) is 0.433. The van der Waals surface area contributed by atoms with E-state index in [2.05, 4.69) is 16.2 Å². The normalized spacial score (nSPS) is 15.3. The lowest BCUT2D eigenvalue weighted by Gasteiger charge is -2.33. The first-order valence-corrected chi connectivity index (χ1v) is 14.0. The summed E-state index contributed by atoms with van der Waals surface area (Å²) < 4.78 is 5.37. The average molecular weight is 566 g/mol. The van der Waals surface area contributed by atoms with E-state index >= 15 is 0 Å². The number of hydrogen-bond acceptors (Lipinski definition) is 9. The Morgan fingerprint density at radius 3 is 2.41 bits per heavy atom. The van der Waals surface area contributed by atoms with E-state index in [-0.39, 0.29) is 36.8 Å². The summed E-state index contributed by atoms with van der Waals surface area (Å²) in [6.45, 7) is 6.35. The fourth-order valence-corrected chi connectivity index (χ4v) is 4.79. The van der Waals surface area contributed by atoms with E-state index in [1.165, 1.54) is 5.01 Å². The van der Waals surface area contributed by atoms with Gasteiger partial charge in [0.2, 0.25) is 5.91 Å². The summed E-state index contributed by atoms with van der Waals surface area (Å²) in [5.41, 5.74) is 16.7. The minimum Gasteiger partial charge on any atom is -0.448 e. The van der Waals surface area contributed by atoms with Crippen molar-refractivity contribution in [3.8, 4) is 0 Å². The first-order valence-electron chi connectivity index (χ1n) is 14.0. The van der Waals surface area contributed by atoms with Gasteiger partial charge in [0.05, 0.1) is 36.2 Å². The Balaban J connectivity index is 1.67. The highest BCUT2D eigenvalue weighted by molar-refractivity contribution is 6.01. The molecule has 0 aliphatic carbocycles. The number of unbranched alkanes of at least 4 members (excludes halogenated alkanes) is 1. The van der Waals surface area contributed by atoms with E-state index < -0.39 is 6.09 Å². The summed E-state index contributed by atoms with van der Waals surface area (Å²) in [6.07, 6.45) is 1.61. The highest BCUT2D eigenvalue weighted by Crippen LogP contribution is 2.36. The molecule has 0 saturated carbocycles. The largest absolute Gasteiger partial charge is 0.448 e. The summed E-state index contributed by atoms with van der Waals surface area (Å²) >= 11 is 0. The molecule has 0 spiro atoms. The van der Waals surface area contributed by atoms with Gasteiger partial charge in [0, 0.05) is 23.6 Å². The van der Waals surface area contributed by atoms with Crippen molar-refractivity contribution in [2.45, 2.75) is 52.6 Å². The molecule has 1 aliphatic heterocycles. The lowest BCUT2D eigenvalue weighted by atomic mass is 9.95. The van der Waals surface area contributed by atoms with Crippen LogP contribution in [-0.2, 0) is 20.9 Å². The van der Waals surface area contributed by atoms with Crippen LogP contribution < -0.4 is 32.6 Å². The predicted molar refractivity (Wildman–Crippen MR) is 161 cm³/mol. The summed E-state index contributed by atoms with van der Waals surface area (Å²) in [6, 6.07) is 15.0. The number of hydrazine groups is 2. The number of Topliss-reactive ketones (excluding diaryl/α,β-unsaturated/α-hetero) is 1. The topological polar surface area (TPSA) is 155 Å². The predicted octanol–water partition coefficient (Wildman–Crippen LogP) is 2.73. The molecule has 11 heteroatoms. The highest BCUT2D eigenvalue weighted by atomic mass is 16.5. The van der Waals surface area contributed by atoms with Crippen molar-refractivity contribution >= 4 is 34.9 Å². The molecule has 1 aliphatic rings. The van der Waals surface area contributed by atoms with Crippen molar-refractivity contribution in [1.82, 2.24) is 21.2 Å². The van der Waals surface area contributed by atoms with Crippen LogP contribution in [0.1, 0.15) is 56.7 Å². The summed E-state index contributed by atoms with van der Waals surface area (Å²) in [7, 11) is 1.72. The highest BCUT2D eigenvalue weighted by Gasteiger charge is 2.28. The van der Waals surface area contributed by atoms with Gasteiger partial charge in [0.15, 0.2) is 0 Å². The van der Waals surface area contributed by atoms with Crippen LogP contribution in [0.15, 0.2) is 48.5 Å². The molecule has 2 aromatic carbocycles. The van der Waals surface area contributed by atoms with Gasteiger partial charge in [-0.15, -0.1) is 0 Å². The smallest absolute Gasteiger partial charge is 0.407 e. The number of carbonyl (C=O) groups excluding carboxylic acids is 3. The number of carbonyl (C=O) groups is 3. The van der Waals surface area contributed by atoms with E-state index in [1.807, 2.05) is 62.4 Å². The number of alkyl carbamates (subject to hydrolysis) is 1. The number of benzene rings is 2. The first-order chi connectivity index (χ1) is 19.6. The van der Waals surface area contributed by atoms with Crippen LogP contribution in [0, 0.1) is 5.92 Å². The van der Waals surface area contributed by atoms with E-state index in [9.17, 15) is 14.4 Å². The molecule has 7 N–H and O–H groups in total. The Hall–Kier alpha value is -3.93. The number of ether oxygens (including phenoxy) is 1. The molecule has 3 rings (SSSR count). The quantitative estimate of drug-likeness (QED) is 0.140. The van der Waals surface area contributed by atoms with Gasteiger partial charge in [-0.1, -0.05) is 56.3 Å². The summed E-state index contributed by atoms with van der Waals surface area (Å²) in [5.74, 6) is 6.41. The minimum absolute atomic E-state index is 0.000763. The number of anilines is 1. The lowest BCUT2D eigenvalue weighted by molar-refractivity contribution is -0.121. The van der Waals surface area contributed by atoms with Gasteiger partial charge in [-0.05, 0) is 44.9 Å². The maximum atomic E-state index is 13.2. The third-order valence-corrected chi connectivity index (χ3v) is 6.95. The van der Waals surface area contributed by atoms with Crippen molar-refractivity contribution in [2.75, 3.05) is 31.6 Å². The average Bonchev–Trinajstić information content (AvgIpc) is 2.94. The van der Waals surface area contributed by atoms with E-state index in [4.69, 9.17) is 16.3 Å². The van der Waals surface area contributed by atoms with E-state index in [0.29, 0.717) is 42.9 Å². The standard InChI is InChI=1S/C30H43N7O4/c1-20(2)29(39)36-19-22-11-5-6-12-23(22)28(27(31)24-13-7-8-15-26(24)36)37(32)17-18-41-30(40)34-16-10-9-14-25(21(3)38)35-33-4/h5-8,11-13,15,20,25,33,35H,9-10,14,16-19,31-32H2,1-4H3,(H,34,40)/b28-27-. The molecular formula is C30H43N7O4. The number of nitrogens with zero attached hydrogens (tertiary/aromatic N) is 2. The number of para-hydroxylation sites is 1. The lowest BCUT2D eigenvalue weighted by Crippen LogP contribution is -2.42. The van der Waals surface area contributed by atoms with Crippen LogP contribution in [0.2, 0.25) is 0 Å². The van der Waals surface area contributed by atoms with E-state index in [0.717, 1.165) is 23.2 Å². The zero-order valence-electron chi connectivity index (χ0n) is 24.4. The Morgan fingerprint density at radius 2 is 1.73 bits per heavy atom. The van der Waals surface area contributed by atoms with Gasteiger partial charge in [-0.3, -0.25) is 15.0 Å². The van der Waals surface area contributed by atoms with Crippen LogP contribution >= 0.6 is 0 Å². The monoisotopic (exact) mass is 565 g/mol. The molecule has 41 heavy (non-hydrogen) atoms. The van der Waals surface area contributed by atoms with Crippen molar-refractivity contribution in [3.63, 3.8) is 0 Å². The van der Waals surface area contributed by atoms with Gasteiger partial charge < -0.3 is 25.7 Å². The molecule has 0 saturated heterocycles. The number of rotatable bonds is 13. The van der Waals surface area contributed by atoms with Crippen LogP contribution in [0.3, 0.4) is 0 Å². The second-order valence-corrected chi connectivity index (χ2v) is 10.3. The number of nitrogens with two attached hydrogens (primary N) is 2. The number of ketones is 1. The summed E-state index contributed by atoms with van der Waals surface area (Å²) in [5, 5.41) is 4.23. The van der Waals surface area contributed by atoms with Crippen molar-refractivity contribution in [3.05, 3.63) is 65.2 Å². The Labute approximate surface area is 242 Å².